The van der Waals surface area contributed by atoms with Crippen molar-refractivity contribution < 1.29 is 4.58 Å². The van der Waals surface area contributed by atoms with Crippen molar-refractivity contribution in [2.75, 3.05) is 20.1 Å². The molecule has 0 aromatic rings. The van der Waals surface area contributed by atoms with E-state index in [-0.39, 0.29) is 0 Å². The van der Waals surface area contributed by atoms with Crippen molar-refractivity contribution in [3.63, 3.8) is 0 Å². The Kier molecular flexibility index (Phi) is 2.30. The van der Waals surface area contributed by atoms with Gasteiger partial charge >= 0.3 is 0 Å². The Balaban J connectivity index is 2.52. The summed E-state index contributed by atoms with van der Waals surface area (Å²) in [6.07, 6.45) is 3.48. The Morgan fingerprint density at radius 2 is 2.30 bits per heavy atom. The van der Waals surface area contributed by atoms with E-state index in [1.807, 2.05) is 0 Å². The van der Waals surface area contributed by atoms with E-state index in [2.05, 4.69) is 36.7 Å². The second-order valence-corrected chi connectivity index (χ2v) is 2.95. The van der Waals surface area contributed by atoms with E-state index in [9.17, 15) is 0 Å². The van der Waals surface area contributed by atoms with Crippen LogP contribution in [0.15, 0.2) is 0 Å². The van der Waals surface area contributed by atoms with E-state index >= 15 is 0 Å². The molecule has 0 aromatic heterocycles. The maximum atomic E-state index is 2.40. The third kappa shape index (κ3) is 1.31. The molecule has 1 atom stereocenters. The van der Waals surface area contributed by atoms with Gasteiger partial charge in [0, 0.05) is 0 Å². The molecule has 1 rings (SSSR count). The number of hydrogen-bond donors (Lipinski definition) is 0. The van der Waals surface area contributed by atoms with Crippen LogP contribution in [-0.2, 0) is 0 Å². The molecule has 2 nitrogen and oxygen atoms in total. The summed E-state index contributed by atoms with van der Waals surface area (Å²) in [5, 5.41) is 0. The smallest absolute Gasteiger partial charge is 0.234 e. The fourth-order valence-corrected chi connectivity index (χ4v) is 1.54. The van der Waals surface area contributed by atoms with E-state index in [1.54, 1.807) is 0 Å². The molecule has 0 aromatic carbocycles. The van der Waals surface area contributed by atoms with Gasteiger partial charge in [-0.3, -0.25) is 9.48 Å². The number of hydrogen-bond acceptors (Lipinski definition) is 1. The molecule has 1 aliphatic heterocycles. The second kappa shape index (κ2) is 3.04. The zero-order valence-corrected chi connectivity index (χ0v) is 7.17. The van der Waals surface area contributed by atoms with E-state index in [0.29, 0.717) is 0 Å². The number of rotatable bonds is 2. The maximum absolute atomic E-state index is 2.40. The van der Waals surface area contributed by atoms with Gasteiger partial charge in [-0.25, -0.2) is 0 Å². The third-order valence-electron chi connectivity index (χ3n) is 2.15. The van der Waals surface area contributed by atoms with Gasteiger partial charge in [-0.1, -0.05) is 6.92 Å². The molecule has 0 bridgehead atoms. The highest BCUT2D eigenvalue weighted by molar-refractivity contribution is 5.51. The summed E-state index contributed by atoms with van der Waals surface area (Å²) >= 11 is 0. The Morgan fingerprint density at radius 1 is 1.60 bits per heavy atom. The van der Waals surface area contributed by atoms with Gasteiger partial charge in [0.05, 0.1) is 13.6 Å². The first-order valence-electron chi connectivity index (χ1n) is 4.08. The van der Waals surface area contributed by atoms with Crippen LogP contribution in [0.5, 0.6) is 0 Å². The summed E-state index contributed by atoms with van der Waals surface area (Å²) in [6.45, 7) is 6.80. The summed E-state index contributed by atoms with van der Waals surface area (Å²) in [5.41, 5.74) is 0. The van der Waals surface area contributed by atoms with Gasteiger partial charge < -0.3 is 0 Å². The lowest BCUT2D eigenvalue weighted by Crippen LogP contribution is -2.30. The van der Waals surface area contributed by atoms with Crippen molar-refractivity contribution >= 4 is 6.34 Å². The molecule has 58 valence electrons. The highest BCUT2D eigenvalue weighted by atomic mass is 15.3. The van der Waals surface area contributed by atoms with Crippen LogP contribution < -0.4 is 0 Å². The maximum Gasteiger partial charge on any atom is 0.234 e. The normalized spacial score (nSPS) is 25.3. The fourth-order valence-electron chi connectivity index (χ4n) is 1.54. The number of likely N-dealkylation sites (N-methyl/N-ethyl adjacent to an activating group) is 2. The van der Waals surface area contributed by atoms with Crippen LogP contribution in [0.2, 0.25) is 0 Å². The van der Waals surface area contributed by atoms with E-state index in [1.165, 1.54) is 13.0 Å². The van der Waals surface area contributed by atoms with Crippen LogP contribution in [-0.4, -0.2) is 42.0 Å². The molecular weight excluding hydrogens is 124 g/mol. The molecule has 1 unspecified atom stereocenters. The molecule has 0 radical (unpaired) electrons. The van der Waals surface area contributed by atoms with Crippen LogP contribution in [0.4, 0.5) is 0 Å². The quantitative estimate of drug-likeness (QED) is 0.515. The summed E-state index contributed by atoms with van der Waals surface area (Å²) in [4.78, 5) is 2.40. The average molecular weight is 141 g/mol. The van der Waals surface area contributed by atoms with Crippen LogP contribution in [0.1, 0.15) is 20.3 Å². The molecule has 10 heavy (non-hydrogen) atoms. The van der Waals surface area contributed by atoms with Gasteiger partial charge in [-0.15, -0.1) is 0 Å². The Hall–Kier alpha value is -0.530. The monoisotopic (exact) mass is 141 g/mol. The fraction of sp³-hybridized carbons (Fsp3) is 0.875. The van der Waals surface area contributed by atoms with Gasteiger partial charge in [0.2, 0.25) is 6.34 Å². The van der Waals surface area contributed by atoms with Crippen LogP contribution in [0.3, 0.4) is 0 Å². The van der Waals surface area contributed by atoms with E-state index in [0.717, 1.165) is 12.6 Å². The van der Waals surface area contributed by atoms with Crippen molar-refractivity contribution in [3.05, 3.63) is 0 Å². The van der Waals surface area contributed by atoms with Crippen molar-refractivity contribution in [1.82, 2.24) is 4.90 Å². The van der Waals surface area contributed by atoms with Crippen LogP contribution >= 0.6 is 0 Å². The number of nitrogens with zero attached hydrogens (tertiary/aromatic N) is 2. The van der Waals surface area contributed by atoms with Gasteiger partial charge in [-0.05, 0) is 13.3 Å². The third-order valence-corrected chi connectivity index (χ3v) is 2.15. The molecule has 0 aliphatic carbocycles. The molecule has 1 aliphatic rings. The predicted octanol–water partition coefficient (Wildman–Crippen LogP) is 0.771. The van der Waals surface area contributed by atoms with E-state index < -0.39 is 0 Å². The second-order valence-electron chi connectivity index (χ2n) is 2.95. The molecule has 0 saturated carbocycles. The van der Waals surface area contributed by atoms with Gasteiger partial charge in [-0.2, -0.15) is 0 Å². The predicted molar refractivity (Wildman–Crippen MR) is 43.6 cm³/mol. The van der Waals surface area contributed by atoms with Crippen molar-refractivity contribution in [3.8, 4) is 0 Å². The van der Waals surface area contributed by atoms with Crippen molar-refractivity contribution in [1.29, 1.82) is 0 Å². The minimum atomic E-state index is 0.759. The zero-order chi connectivity index (χ0) is 7.56. The van der Waals surface area contributed by atoms with Gasteiger partial charge in [0.25, 0.3) is 0 Å². The molecule has 0 spiro atoms. The van der Waals surface area contributed by atoms with Gasteiger partial charge in [0.1, 0.15) is 12.6 Å². The molecule has 1 heterocycles. The first-order chi connectivity index (χ1) is 4.77. The Bertz CT molecular complexity index is 140. The summed E-state index contributed by atoms with van der Waals surface area (Å²) in [5.74, 6) is 0. The van der Waals surface area contributed by atoms with Crippen LogP contribution in [0, 0.1) is 0 Å². The first kappa shape index (κ1) is 7.58. The first-order valence-corrected chi connectivity index (χ1v) is 4.08. The Morgan fingerprint density at radius 3 is 2.70 bits per heavy atom. The molecular formula is C8H17N2+. The molecule has 0 fully saturated rings. The summed E-state index contributed by atoms with van der Waals surface area (Å²) in [6, 6.07) is 0.759. The topological polar surface area (TPSA) is 6.25 Å². The van der Waals surface area contributed by atoms with Gasteiger partial charge in [0.15, 0.2) is 0 Å². The summed E-state index contributed by atoms with van der Waals surface area (Å²) < 4.78 is 2.26. The molecule has 0 N–H and O–H groups in total. The minimum Gasteiger partial charge on any atom is -0.267 e. The molecule has 0 saturated heterocycles. The van der Waals surface area contributed by atoms with E-state index in [4.69, 9.17) is 0 Å². The lowest BCUT2D eigenvalue weighted by atomic mass is 10.2. The summed E-state index contributed by atoms with van der Waals surface area (Å²) in [7, 11) is 2.14. The van der Waals surface area contributed by atoms with Crippen molar-refractivity contribution in [2.24, 2.45) is 0 Å². The highest BCUT2D eigenvalue weighted by Gasteiger charge is 2.26. The zero-order valence-electron chi connectivity index (χ0n) is 7.17. The average Bonchev–Trinajstić information content (AvgIpc) is 2.30. The molecule has 0 amide bonds. The minimum absolute atomic E-state index is 0.759. The molecule has 2 heteroatoms. The van der Waals surface area contributed by atoms with Crippen molar-refractivity contribution in [2.45, 2.75) is 26.3 Å². The largest absolute Gasteiger partial charge is 0.267 e. The lowest BCUT2D eigenvalue weighted by Gasteiger charge is -2.12. The standard InChI is InChI=1S/C8H17N2/c1-4-8-6-9(3)7-10(8)5-2/h7-8H,4-6H2,1-3H3/q+1. The lowest BCUT2D eigenvalue weighted by molar-refractivity contribution is -0.485. The highest BCUT2D eigenvalue weighted by Crippen LogP contribution is 2.06. The SMILES string of the molecule is CCC1C[N+](C)=CN1CC. The Labute approximate surface area is 63.2 Å². The van der Waals surface area contributed by atoms with Crippen LogP contribution in [0.25, 0.3) is 0 Å².